The second kappa shape index (κ2) is 6.75. The van der Waals surface area contributed by atoms with Crippen LogP contribution in [0.3, 0.4) is 0 Å². The minimum absolute atomic E-state index is 0.0283. The lowest BCUT2D eigenvalue weighted by Gasteiger charge is -2.49. The van der Waals surface area contributed by atoms with Crippen LogP contribution in [0.25, 0.3) is 17.3 Å². The number of nitrogens with one attached hydrogen (secondary N) is 1. The molecule has 4 N–H and O–H groups in total. The van der Waals surface area contributed by atoms with E-state index in [9.17, 15) is 5.11 Å². The number of nitrogens with zero attached hydrogens (tertiary/aromatic N) is 3. The Morgan fingerprint density at radius 3 is 2.69 bits per heavy atom. The van der Waals surface area contributed by atoms with E-state index in [4.69, 9.17) is 5.73 Å². The standard InChI is InChI=1S/C25H25N5OS/c1-15-9-21-27-11-18-10-20(17-7-8-32-12-17)22(28-23(18)30(21)29-15)16-3-5-19(6-4-16)25(26)13-24(2,31)14-25/h3-12,22,28,31H,13-14,26H2,1-2H3. The molecule has 4 aromatic rings. The summed E-state index contributed by atoms with van der Waals surface area (Å²) in [6.07, 6.45) is 5.28. The van der Waals surface area contributed by atoms with Crippen LogP contribution in [0.15, 0.2) is 53.4 Å². The smallest absolute Gasteiger partial charge is 0.157 e. The van der Waals surface area contributed by atoms with Gasteiger partial charge in [-0.05, 0) is 71.9 Å². The summed E-state index contributed by atoms with van der Waals surface area (Å²) in [7, 11) is 0. The van der Waals surface area contributed by atoms with Gasteiger partial charge < -0.3 is 16.2 Å². The normalized spacial score (nSPS) is 26.9. The Morgan fingerprint density at radius 1 is 1.22 bits per heavy atom. The highest BCUT2D eigenvalue weighted by atomic mass is 32.1. The van der Waals surface area contributed by atoms with Crippen LogP contribution in [0.5, 0.6) is 0 Å². The molecule has 1 unspecified atom stereocenters. The zero-order valence-corrected chi connectivity index (χ0v) is 18.9. The fraction of sp³-hybridized carbons (Fsp3) is 0.280. The highest BCUT2D eigenvalue weighted by Crippen LogP contribution is 2.47. The third-order valence-corrected chi connectivity index (χ3v) is 7.29. The van der Waals surface area contributed by atoms with Gasteiger partial charge in [0, 0.05) is 23.4 Å². The highest BCUT2D eigenvalue weighted by Gasteiger charge is 2.49. The summed E-state index contributed by atoms with van der Waals surface area (Å²) in [5.41, 5.74) is 12.8. The number of nitrogens with two attached hydrogens (primary N) is 1. The Labute approximate surface area is 190 Å². The number of aromatic nitrogens is 3. The van der Waals surface area contributed by atoms with E-state index >= 15 is 0 Å². The summed E-state index contributed by atoms with van der Waals surface area (Å²) in [6.45, 7) is 3.83. The molecule has 1 aliphatic heterocycles. The molecule has 1 fully saturated rings. The number of hydrogen-bond donors (Lipinski definition) is 3. The van der Waals surface area contributed by atoms with Crippen molar-refractivity contribution in [3.8, 4) is 0 Å². The number of aryl methyl sites for hydroxylation is 1. The Bertz CT molecular complexity index is 1340. The lowest BCUT2D eigenvalue weighted by molar-refractivity contribution is -0.0738. The monoisotopic (exact) mass is 443 g/mol. The van der Waals surface area contributed by atoms with Gasteiger partial charge in [0.05, 0.1) is 17.3 Å². The van der Waals surface area contributed by atoms with Gasteiger partial charge in [0.15, 0.2) is 5.65 Å². The van der Waals surface area contributed by atoms with Crippen LogP contribution in [0.2, 0.25) is 0 Å². The van der Waals surface area contributed by atoms with Crippen molar-refractivity contribution in [3.05, 3.63) is 81.3 Å². The number of thiophene rings is 1. The van der Waals surface area contributed by atoms with Crippen molar-refractivity contribution in [1.29, 1.82) is 0 Å². The maximum Gasteiger partial charge on any atom is 0.157 e. The Kier molecular flexibility index (Phi) is 4.15. The van der Waals surface area contributed by atoms with Gasteiger partial charge in [-0.1, -0.05) is 24.3 Å². The molecule has 7 heteroatoms. The first-order chi connectivity index (χ1) is 15.3. The number of aliphatic hydroxyl groups is 1. The summed E-state index contributed by atoms with van der Waals surface area (Å²) >= 11 is 1.69. The quantitative estimate of drug-likeness (QED) is 0.434. The fourth-order valence-corrected chi connectivity index (χ4v) is 5.90. The van der Waals surface area contributed by atoms with Gasteiger partial charge in [0.1, 0.15) is 5.82 Å². The van der Waals surface area contributed by atoms with Gasteiger partial charge in [-0.15, -0.1) is 0 Å². The third-order valence-electron chi connectivity index (χ3n) is 6.60. The van der Waals surface area contributed by atoms with E-state index in [0.717, 1.165) is 33.8 Å². The van der Waals surface area contributed by atoms with E-state index in [-0.39, 0.29) is 6.04 Å². The molecule has 3 aromatic heterocycles. The molecule has 1 saturated carbocycles. The number of rotatable bonds is 3. The first kappa shape index (κ1) is 19.7. The van der Waals surface area contributed by atoms with Gasteiger partial charge >= 0.3 is 0 Å². The lowest BCUT2D eigenvalue weighted by atomic mass is 9.63. The summed E-state index contributed by atoms with van der Waals surface area (Å²) < 4.78 is 1.89. The van der Waals surface area contributed by atoms with Crippen molar-refractivity contribution in [1.82, 2.24) is 14.6 Å². The predicted octanol–water partition coefficient (Wildman–Crippen LogP) is 4.51. The third kappa shape index (κ3) is 3.08. The summed E-state index contributed by atoms with van der Waals surface area (Å²) in [5.74, 6) is 0.946. The Hall–Kier alpha value is -3.00. The largest absolute Gasteiger partial charge is 0.390 e. The second-order valence-electron chi connectivity index (χ2n) is 9.44. The molecule has 1 aromatic carbocycles. The minimum Gasteiger partial charge on any atom is -0.390 e. The first-order valence-electron chi connectivity index (χ1n) is 10.8. The molecule has 162 valence electrons. The van der Waals surface area contributed by atoms with Crippen molar-refractivity contribution >= 4 is 34.5 Å². The molecule has 0 amide bonds. The van der Waals surface area contributed by atoms with E-state index < -0.39 is 11.1 Å². The lowest BCUT2D eigenvalue weighted by Crippen LogP contribution is -2.58. The van der Waals surface area contributed by atoms with Crippen molar-refractivity contribution in [2.24, 2.45) is 5.73 Å². The minimum atomic E-state index is -0.668. The van der Waals surface area contributed by atoms with E-state index in [2.05, 4.69) is 62.6 Å². The van der Waals surface area contributed by atoms with Crippen LogP contribution < -0.4 is 11.1 Å². The molecule has 4 heterocycles. The van der Waals surface area contributed by atoms with Crippen LogP contribution in [-0.2, 0) is 5.54 Å². The van der Waals surface area contributed by atoms with Crippen LogP contribution >= 0.6 is 11.3 Å². The van der Waals surface area contributed by atoms with Crippen molar-refractivity contribution < 1.29 is 5.11 Å². The van der Waals surface area contributed by atoms with E-state index in [1.165, 1.54) is 11.1 Å². The highest BCUT2D eigenvalue weighted by molar-refractivity contribution is 7.08. The van der Waals surface area contributed by atoms with Gasteiger partial charge in [-0.2, -0.15) is 21.0 Å². The number of benzene rings is 1. The van der Waals surface area contributed by atoms with Gasteiger partial charge in [-0.25, -0.2) is 4.98 Å². The van der Waals surface area contributed by atoms with Crippen LogP contribution in [0.1, 0.15) is 53.8 Å². The molecule has 0 radical (unpaired) electrons. The Balaban J connectivity index is 1.42. The number of fused-ring (bicyclic) bond motifs is 3. The van der Waals surface area contributed by atoms with E-state index in [1.807, 2.05) is 30.6 Å². The molecule has 6 nitrogen and oxygen atoms in total. The molecule has 0 spiro atoms. The molecule has 0 bridgehead atoms. The molecule has 32 heavy (non-hydrogen) atoms. The zero-order valence-electron chi connectivity index (χ0n) is 18.0. The van der Waals surface area contributed by atoms with E-state index in [0.29, 0.717) is 12.8 Å². The average molecular weight is 444 g/mol. The number of anilines is 1. The molecule has 2 aliphatic rings. The maximum absolute atomic E-state index is 10.2. The topological polar surface area (TPSA) is 88.5 Å². The molecular formula is C25H25N5OS. The van der Waals surface area contributed by atoms with Gasteiger partial charge in [-0.3, -0.25) is 0 Å². The van der Waals surface area contributed by atoms with Crippen LogP contribution in [0, 0.1) is 6.92 Å². The Morgan fingerprint density at radius 2 is 2.00 bits per heavy atom. The SMILES string of the molecule is Cc1cc2ncc3c(n2n1)NC(c1ccc(C2(N)CC(C)(O)C2)cc1)C(c1ccsc1)=C3. The molecular weight excluding hydrogens is 418 g/mol. The molecule has 1 aliphatic carbocycles. The number of hydrogen-bond acceptors (Lipinski definition) is 6. The summed E-state index contributed by atoms with van der Waals surface area (Å²) in [4.78, 5) is 4.58. The second-order valence-corrected chi connectivity index (χ2v) is 10.2. The van der Waals surface area contributed by atoms with Crippen LogP contribution in [0.4, 0.5) is 5.82 Å². The van der Waals surface area contributed by atoms with Crippen LogP contribution in [-0.4, -0.2) is 25.3 Å². The van der Waals surface area contributed by atoms with Gasteiger partial charge in [0.2, 0.25) is 0 Å². The maximum atomic E-state index is 10.2. The molecule has 1 atom stereocenters. The van der Waals surface area contributed by atoms with Crippen molar-refractivity contribution in [2.75, 3.05) is 5.32 Å². The van der Waals surface area contributed by atoms with Crippen molar-refractivity contribution in [2.45, 2.75) is 43.9 Å². The first-order valence-corrected chi connectivity index (χ1v) is 11.7. The average Bonchev–Trinajstić information content (AvgIpc) is 3.40. The fourth-order valence-electron chi connectivity index (χ4n) is 5.24. The summed E-state index contributed by atoms with van der Waals surface area (Å²) in [6, 6.07) is 12.6. The predicted molar refractivity (Wildman–Crippen MR) is 128 cm³/mol. The van der Waals surface area contributed by atoms with Crippen molar-refractivity contribution in [3.63, 3.8) is 0 Å². The molecule has 6 rings (SSSR count). The molecule has 0 saturated heterocycles. The summed E-state index contributed by atoms with van der Waals surface area (Å²) in [5, 5.41) is 22.8. The zero-order chi connectivity index (χ0) is 22.1. The van der Waals surface area contributed by atoms with E-state index in [1.54, 1.807) is 11.3 Å². The van der Waals surface area contributed by atoms with Gasteiger partial charge in [0.25, 0.3) is 0 Å².